The van der Waals surface area contributed by atoms with Gasteiger partial charge in [-0.05, 0) is 35.9 Å². The van der Waals surface area contributed by atoms with Gasteiger partial charge in [0.2, 0.25) is 0 Å². The number of nitrogens with zero attached hydrogens (tertiary/aromatic N) is 4. The molecule has 7 heteroatoms. The van der Waals surface area contributed by atoms with Gasteiger partial charge in [-0.25, -0.2) is 4.79 Å². The summed E-state index contributed by atoms with van der Waals surface area (Å²) in [4.78, 5) is 25.3. The zero-order valence-electron chi connectivity index (χ0n) is 17.9. The van der Waals surface area contributed by atoms with Crippen LogP contribution in [0.2, 0.25) is 0 Å². The molecule has 1 aliphatic heterocycles. The lowest BCUT2D eigenvalue weighted by Crippen LogP contribution is -2.22. The third-order valence-electron chi connectivity index (χ3n) is 5.91. The summed E-state index contributed by atoms with van der Waals surface area (Å²) in [7, 11) is 3.46. The number of para-hydroxylation sites is 1. The third kappa shape index (κ3) is 3.37. The van der Waals surface area contributed by atoms with Crippen molar-refractivity contribution in [3.63, 3.8) is 0 Å². The first kappa shape index (κ1) is 19.8. The number of hydrogen-bond acceptors (Lipinski definition) is 4. The largest absolute Gasteiger partial charge is 0.328 e. The molecule has 1 atom stereocenters. The van der Waals surface area contributed by atoms with E-state index >= 15 is 0 Å². The number of nitrogens with one attached hydrogen (secondary N) is 1. The molecule has 160 valence electrons. The number of hydrogen-bond donors (Lipinski definition) is 1. The molecule has 2 heterocycles. The Kier molecular flexibility index (Phi) is 4.86. The monoisotopic (exact) mass is 425 g/mol. The molecule has 0 radical (unpaired) electrons. The Balaban J connectivity index is 1.45. The lowest BCUT2D eigenvalue weighted by Gasteiger charge is -2.23. The highest BCUT2D eigenvalue weighted by Gasteiger charge is 2.32. The Morgan fingerprint density at radius 3 is 2.28 bits per heavy atom. The molecule has 0 bridgehead atoms. The molecular formula is C25H23N5O2. The van der Waals surface area contributed by atoms with E-state index in [9.17, 15) is 9.59 Å². The number of aromatic nitrogens is 2. The van der Waals surface area contributed by atoms with Crippen LogP contribution in [0.25, 0.3) is 11.0 Å². The summed E-state index contributed by atoms with van der Waals surface area (Å²) in [6.07, 6.45) is 0.497. The van der Waals surface area contributed by atoms with Gasteiger partial charge in [0.1, 0.15) is 5.71 Å². The maximum atomic E-state index is 13.1. The Hall–Kier alpha value is -4.13. The van der Waals surface area contributed by atoms with Crippen molar-refractivity contribution >= 4 is 34.0 Å². The van der Waals surface area contributed by atoms with Crippen molar-refractivity contribution in [1.82, 2.24) is 9.13 Å². The number of anilines is 2. The van der Waals surface area contributed by atoms with Gasteiger partial charge in [-0.15, -0.1) is 0 Å². The number of benzene rings is 3. The lowest BCUT2D eigenvalue weighted by atomic mass is 10.0. The van der Waals surface area contributed by atoms with Crippen LogP contribution in [0.15, 0.2) is 88.8 Å². The quantitative estimate of drug-likeness (QED) is 0.540. The summed E-state index contributed by atoms with van der Waals surface area (Å²) in [5, 5.41) is 9.55. The SMILES string of the molecule is Cn1c(=O)n(C)c2cc(NC(=O)C3=NN(c4ccccc4)C(c4ccccc4)C3)ccc21. The van der Waals surface area contributed by atoms with Crippen molar-refractivity contribution in [2.75, 3.05) is 10.3 Å². The normalized spacial score (nSPS) is 15.8. The number of carbonyl (C=O) groups excluding carboxylic acids is 1. The maximum Gasteiger partial charge on any atom is 0.328 e. The summed E-state index contributed by atoms with van der Waals surface area (Å²) in [5.41, 5.74) is 4.59. The molecule has 0 saturated carbocycles. The number of aryl methyl sites for hydroxylation is 2. The highest BCUT2D eigenvalue weighted by atomic mass is 16.2. The predicted octanol–water partition coefficient (Wildman–Crippen LogP) is 3.82. The molecule has 4 aromatic rings. The number of amides is 1. The summed E-state index contributed by atoms with van der Waals surface area (Å²) < 4.78 is 3.16. The van der Waals surface area contributed by atoms with Crippen molar-refractivity contribution in [2.45, 2.75) is 12.5 Å². The average molecular weight is 425 g/mol. The fourth-order valence-electron chi connectivity index (χ4n) is 4.19. The molecule has 1 amide bonds. The first-order valence-electron chi connectivity index (χ1n) is 10.5. The summed E-state index contributed by atoms with van der Waals surface area (Å²) in [6.45, 7) is 0. The van der Waals surface area contributed by atoms with Crippen LogP contribution in [-0.2, 0) is 18.9 Å². The van der Waals surface area contributed by atoms with E-state index in [1.165, 1.54) is 0 Å². The molecule has 1 aromatic heterocycles. The van der Waals surface area contributed by atoms with E-state index in [2.05, 4.69) is 22.6 Å². The van der Waals surface area contributed by atoms with Gasteiger partial charge in [0.15, 0.2) is 0 Å². The summed E-state index contributed by atoms with van der Waals surface area (Å²) in [5.74, 6) is -0.246. The first-order chi connectivity index (χ1) is 15.5. The molecule has 1 N–H and O–H groups in total. The lowest BCUT2D eigenvalue weighted by molar-refractivity contribution is -0.110. The summed E-state index contributed by atoms with van der Waals surface area (Å²) >= 11 is 0. The second-order valence-corrected chi connectivity index (χ2v) is 7.92. The van der Waals surface area contributed by atoms with Crippen molar-refractivity contribution in [1.29, 1.82) is 0 Å². The van der Waals surface area contributed by atoms with E-state index in [-0.39, 0.29) is 17.6 Å². The Morgan fingerprint density at radius 1 is 0.906 bits per heavy atom. The van der Waals surface area contributed by atoms with Gasteiger partial charge in [-0.3, -0.25) is 18.9 Å². The third-order valence-corrected chi connectivity index (χ3v) is 5.91. The number of imidazole rings is 1. The highest BCUT2D eigenvalue weighted by molar-refractivity contribution is 6.43. The van der Waals surface area contributed by atoms with Crippen LogP contribution >= 0.6 is 0 Å². The zero-order chi connectivity index (χ0) is 22.2. The van der Waals surface area contributed by atoms with Crippen LogP contribution in [-0.4, -0.2) is 20.8 Å². The van der Waals surface area contributed by atoms with Crippen LogP contribution in [0, 0.1) is 0 Å². The number of hydrazone groups is 1. The van der Waals surface area contributed by atoms with Gasteiger partial charge in [-0.2, -0.15) is 5.10 Å². The smallest absolute Gasteiger partial charge is 0.321 e. The van der Waals surface area contributed by atoms with Gasteiger partial charge >= 0.3 is 5.69 Å². The molecule has 5 rings (SSSR count). The molecule has 1 unspecified atom stereocenters. The Morgan fingerprint density at radius 2 is 1.56 bits per heavy atom. The molecule has 7 nitrogen and oxygen atoms in total. The summed E-state index contributed by atoms with van der Waals surface area (Å²) in [6, 6.07) is 25.3. The van der Waals surface area contributed by atoms with Crippen molar-refractivity contribution in [3.05, 3.63) is 94.9 Å². The van der Waals surface area contributed by atoms with Crippen LogP contribution < -0.4 is 16.0 Å². The van der Waals surface area contributed by atoms with Gasteiger partial charge in [0, 0.05) is 26.2 Å². The van der Waals surface area contributed by atoms with Crippen molar-refractivity contribution in [3.8, 4) is 0 Å². The second-order valence-electron chi connectivity index (χ2n) is 7.92. The average Bonchev–Trinajstić information content (AvgIpc) is 3.37. The van der Waals surface area contributed by atoms with Crippen LogP contribution in [0.4, 0.5) is 11.4 Å². The molecule has 1 aliphatic rings. The minimum atomic E-state index is -0.246. The maximum absolute atomic E-state index is 13.1. The van der Waals surface area contributed by atoms with Crippen LogP contribution in [0.5, 0.6) is 0 Å². The van der Waals surface area contributed by atoms with E-state index in [0.29, 0.717) is 17.8 Å². The standard InChI is InChI=1S/C25H23N5O2/c1-28-21-14-13-18(15-23(21)29(2)25(28)32)26-24(31)20-16-22(17-9-5-3-6-10-17)30(27-20)19-11-7-4-8-12-19/h3-15,22H,16H2,1-2H3,(H,26,31). The second kappa shape index (κ2) is 7.85. The van der Waals surface area contributed by atoms with Gasteiger partial charge in [-0.1, -0.05) is 48.5 Å². The number of fused-ring (bicyclic) bond motifs is 1. The molecule has 0 saturated heterocycles. The molecule has 0 aliphatic carbocycles. The predicted molar refractivity (Wildman–Crippen MR) is 127 cm³/mol. The van der Waals surface area contributed by atoms with E-state index in [1.807, 2.05) is 65.7 Å². The molecular weight excluding hydrogens is 402 g/mol. The van der Waals surface area contributed by atoms with Gasteiger partial charge < -0.3 is 5.32 Å². The highest BCUT2D eigenvalue weighted by Crippen LogP contribution is 2.35. The van der Waals surface area contributed by atoms with Crippen LogP contribution in [0.3, 0.4) is 0 Å². The molecule has 32 heavy (non-hydrogen) atoms. The van der Waals surface area contributed by atoms with Crippen LogP contribution in [0.1, 0.15) is 18.0 Å². The fourth-order valence-corrected chi connectivity index (χ4v) is 4.19. The van der Waals surface area contributed by atoms with Crippen molar-refractivity contribution < 1.29 is 4.79 Å². The molecule has 0 spiro atoms. The molecule has 0 fully saturated rings. The first-order valence-corrected chi connectivity index (χ1v) is 10.5. The van der Waals surface area contributed by atoms with E-state index < -0.39 is 0 Å². The van der Waals surface area contributed by atoms with E-state index in [1.54, 1.807) is 29.3 Å². The minimum Gasteiger partial charge on any atom is -0.321 e. The minimum absolute atomic E-state index is 0.0585. The Labute approximate surface area is 185 Å². The number of carbonyl (C=O) groups is 1. The van der Waals surface area contributed by atoms with Crippen molar-refractivity contribution in [2.24, 2.45) is 19.2 Å². The fraction of sp³-hybridized carbons (Fsp3) is 0.160. The number of rotatable bonds is 4. The topological polar surface area (TPSA) is 71.6 Å². The van der Waals surface area contributed by atoms with E-state index in [4.69, 9.17) is 0 Å². The van der Waals surface area contributed by atoms with Gasteiger partial charge in [0.05, 0.1) is 22.8 Å². The zero-order valence-corrected chi connectivity index (χ0v) is 17.9. The Bertz CT molecular complexity index is 1390. The van der Waals surface area contributed by atoms with E-state index in [0.717, 1.165) is 22.3 Å². The molecule has 3 aromatic carbocycles. The van der Waals surface area contributed by atoms with Gasteiger partial charge in [0.25, 0.3) is 5.91 Å².